The average Bonchev–Trinajstić information content (AvgIpc) is 2.90. The normalized spacial score (nSPS) is 14.3. The minimum Gasteiger partial charge on any atom is -0.493 e. The first kappa shape index (κ1) is 25.1. The molecular formula is C27H28FN3O5. The highest BCUT2D eigenvalue weighted by atomic mass is 19.1. The number of ether oxygens (including phenoxy) is 2. The first-order valence-electron chi connectivity index (χ1n) is 11.7. The van der Waals surface area contributed by atoms with E-state index in [1.54, 1.807) is 43.4 Å². The number of hydrogen-bond donors (Lipinski definition) is 0. The van der Waals surface area contributed by atoms with Crippen LogP contribution >= 0.6 is 0 Å². The van der Waals surface area contributed by atoms with Crippen LogP contribution in [0, 0.1) is 15.9 Å². The lowest BCUT2D eigenvalue weighted by molar-refractivity contribution is -0.384. The molecule has 0 unspecified atom stereocenters. The Bertz CT molecular complexity index is 1230. The Morgan fingerprint density at radius 3 is 2.36 bits per heavy atom. The molecule has 0 saturated carbocycles. The molecule has 0 aliphatic carbocycles. The first-order chi connectivity index (χ1) is 17.4. The molecule has 4 rings (SSSR count). The molecule has 9 heteroatoms. The van der Waals surface area contributed by atoms with Crippen LogP contribution in [0.3, 0.4) is 0 Å². The Morgan fingerprint density at radius 2 is 1.72 bits per heavy atom. The van der Waals surface area contributed by atoms with Crippen LogP contribution < -0.4 is 14.4 Å². The van der Waals surface area contributed by atoms with Crippen molar-refractivity contribution in [2.24, 2.45) is 0 Å². The quantitative estimate of drug-likeness (QED) is 0.322. The minimum atomic E-state index is -0.404. The van der Waals surface area contributed by atoms with Gasteiger partial charge in [-0.1, -0.05) is 12.1 Å². The lowest BCUT2D eigenvalue weighted by Crippen LogP contribution is -2.47. The highest BCUT2D eigenvalue weighted by Crippen LogP contribution is 2.34. The number of rotatable bonds is 8. The van der Waals surface area contributed by atoms with Crippen molar-refractivity contribution in [1.29, 1.82) is 0 Å². The summed E-state index contributed by atoms with van der Waals surface area (Å²) in [5.74, 6) is 0.440. The summed E-state index contributed by atoms with van der Waals surface area (Å²) >= 11 is 0. The number of nitro benzene ring substituents is 1. The van der Waals surface area contributed by atoms with Crippen LogP contribution in [-0.2, 0) is 6.54 Å². The van der Waals surface area contributed by atoms with Gasteiger partial charge in [-0.2, -0.15) is 0 Å². The molecule has 1 heterocycles. The van der Waals surface area contributed by atoms with Crippen molar-refractivity contribution in [3.63, 3.8) is 0 Å². The Kier molecular flexibility index (Phi) is 7.80. The maximum Gasteiger partial charge on any atom is 0.269 e. The number of benzene rings is 3. The van der Waals surface area contributed by atoms with Crippen molar-refractivity contribution in [2.45, 2.75) is 25.4 Å². The van der Waals surface area contributed by atoms with E-state index < -0.39 is 10.7 Å². The smallest absolute Gasteiger partial charge is 0.269 e. The topological polar surface area (TPSA) is 85.2 Å². The van der Waals surface area contributed by atoms with Crippen LogP contribution in [0.2, 0.25) is 0 Å². The highest BCUT2D eigenvalue weighted by Gasteiger charge is 2.30. The number of non-ortho nitro benzene ring substituents is 1. The van der Waals surface area contributed by atoms with E-state index >= 15 is 0 Å². The van der Waals surface area contributed by atoms with Gasteiger partial charge in [0.05, 0.1) is 19.1 Å². The molecule has 0 bridgehead atoms. The second-order valence-corrected chi connectivity index (χ2v) is 8.66. The number of methoxy groups -OCH3 is 2. The zero-order chi connectivity index (χ0) is 25.7. The summed E-state index contributed by atoms with van der Waals surface area (Å²) in [4.78, 5) is 28.3. The Hall–Kier alpha value is -3.98. The van der Waals surface area contributed by atoms with Gasteiger partial charge >= 0.3 is 0 Å². The van der Waals surface area contributed by atoms with Crippen LogP contribution in [0.1, 0.15) is 28.8 Å². The lowest BCUT2D eigenvalue weighted by Gasteiger charge is -2.39. The molecule has 1 saturated heterocycles. The lowest BCUT2D eigenvalue weighted by atomic mass is 10.00. The van der Waals surface area contributed by atoms with Crippen molar-refractivity contribution < 1.29 is 23.6 Å². The van der Waals surface area contributed by atoms with E-state index in [0.29, 0.717) is 55.2 Å². The van der Waals surface area contributed by atoms with Crippen molar-refractivity contribution >= 4 is 17.3 Å². The number of carbonyl (C=O) groups is 1. The van der Waals surface area contributed by atoms with Gasteiger partial charge in [0.1, 0.15) is 5.82 Å². The molecule has 0 N–H and O–H groups in total. The molecule has 1 aliphatic heterocycles. The van der Waals surface area contributed by atoms with Gasteiger partial charge < -0.3 is 14.4 Å². The second-order valence-electron chi connectivity index (χ2n) is 8.66. The number of halogens is 1. The molecule has 188 valence electrons. The van der Waals surface area contributed by atoms with Gasteiger partial charge in [0.25, 0.3) is 11.6 Å². The minimum absolute atomic E-state index is 0.0758. The molecule has 1 amide bonds. The van der Waals surface area contributed by atoms with E-state index in [1.807, 2.05) is 12.1 Å². The Balaban J connectivity index is 1.55. The summed E-state index contributed by atoms with van der Waals surface area (Å²) in [6.45, 7) is 2.03. The number of nitro groups is 1. The van der Waals surface area contributed by atoms with Crippen LogP contribution in [0.25, 0.3) is 0 Å². The third-order valence-electron chi connectivity index (χ3n) is 6.41. The molecule has 3 aromatic rings. The van der Waals surface area contributed by atoms with Crippen molar-refractivity contribution in [2.75, 3.05) is 32.2 Å². The van der Waals surface area contributed by atoms with E-state index in [9.17, 15) is 19.3 Å². The van der Waals surface area contributed by atoms with Gasteiger partial charge in [0.15, 0.2) is 11.5 Å². The summed E-state index contributed by atoms with van der Waals surface area (Å²) in [5, 5.41) is 11.1. The summed E-state index contributed by atoms with van der Waals surface area (Å²) in [5.41, 5.74) is 2.01. The third-order valence-corrected chi connectivity index (χ3v) is 6.41. The molecule has 0 spiro atoms. The van der Waals surface area contributed by atoms with Crippen LogP contribution in [0.4, 0.5) is 15.8 Å². The predicted molar refractivity (Wildman–Crippen MR) is 134 cm³/mol. The Labute approximate surface area is 209 Å². The molecule has 3 aromatic carbocycles. The van der Waals surface area contributed by atoms with Gasteiger partial charge in [-0.15, -0.1) is 0 Å². The zero-order valence-corrected chi connectivity index (χ0v) is 20.2. The van der Waals surface area contributed by atoms with E-state index in [-0.39, 0.29) is 17.6 Å². The zero-order valence-electron chi connectivity index (χ0n) is 20.2. The molecule has 1 fully saturated rings. The number of piperidine rings is 1. The molecule has 0 aromatic heterocycles. The fourth-order valence-corrected chi connectivity index (χ4v) is 4.56. The van der Waals surface area contributed by atoms with Crippen LogP contribution in [-0.4, -0.2) is 49.1 Å². The van der Waals surface area contributed by atoms with E-state index in [1.165, 1.54) is 30.3 Å². The highest BCUT2D eigenvalue weighted by molar-refractivity contribution is 6.06. The molecule has 36 heavy (non-hydrogen) atoms. The van der Waals surface area contributed by atoms with Gasteiger partial charge in [-0.25, -0.2) is 4.39 Å². The average molecular weight is 494 g/mol. The molecular weight excluding hydrogens is 465 g/mol. The largest absolute Gasteiger partial charge is 0.493 e. The predicted octanol–water partition coefficient (Wildman–Crippen LogP) is 5.06. The maximum absolute atomic E-state index is 13.6. The maximum atomic E-state index is 13.6. The standard InChI is InChI=1S/C27H28FN3O5/c1-35-25-11-10-23(17-26(25)36-2)30(27(32)20-6-8-21(28)9-7-20)22-12-14-29(15-13-22)18-19-4-3-5-24(16-19)31(33)34/h3-11,16-17,22H,12-15,18H2,1-2H3. The third kappa shape index (κ3) is 5.63. The number of anilines is 1. The van der Waals surface area contributed by atoms with Crippen LogP contribution in [0.15, 0.2) is 66.7 Å². The number of likely N-dealkylation sites (tertiary alicyclic amines) is 1. The second kappa shape index (κ2) is 11.2. The molecule has 0 radical (unpaired) electrons. The van der Waals surface area contributed by atoms with Gasteiger partial charge in [-0.3, -0.25) is 19.8 Å². The van der Waals surface area contributed by atoms with E-state index in [2.05, 4.69) is 4.90 Å². The Morgan fingerprint density at radius 1 is 1.03 bits per heavy atom. The SMILES string of the molecule is COc1ccc(N(C(=O)c2ccc(F)cc2)C2CCN(Cc3cccc([N+](=O)[O-])c3)CC2)cc1OC. The number of carbonyl (C=O) groups excluding carboxylic acids is 1. The van der Waals surface area contributed by atoms with Gasteiger partial charge in [0.2, 0.25) is 0 Å². The van der Waals surface area contributed by atoms with Gasteiger partial charge in [-0.05, 0) is 54.8 Å². The number of nitrogens with zero attached hydrogens (tertiary/aromatic N) is 3. The number of hydrogen-bond acceptors (Lipinski definition) is 6. The summed E-state index contributed by atoms with van der Waals surface area (Å²) in [7, 11) is 3.09. The molecule has 1 aliphatic rings. The van der Waals surface area contributed by atoms with E-state index in [4.69, 9.17) is 9.47 Å². The first-order valence-corrected chi connectivity index (χ1v) is 11.7. The van der Waals surface area contributed by atoms with Crippen molar-refractivity contribution in [1.82, 2.24) is 4.90 Å². The van der Waals surface area contributed by atoms with Crippen molar-refractivity contribution in [3.8, 4) is 11.5 Å². The van der Waals surface area contributed by atoms with Gasteiger partial charge in [0, 0.05) is 55.1 Å². The monoisotopic (exact) mass is 493 g/mol. The summed E-state index contributed by atoms with van der Waals surface area (Å²) in [6.07, 6.45) is 1.41. The van der Waals surface area contributed by atoms with Crippen molar-refractivity contribution in [3.05, 3.63) is 93.8 Å². The van der Waals surface area contributed by atoms with E-state index in [0.717, 1.165) is 5.56 Å². The fourth-order valence-electron chi connectivity index (χ4n) is 4.56. The summed E-state index contributed by atoms with van der Waals surface area (Å²) in [6, 6.07) is 17.5. The summed E-state index contributed by atoms with van der Waals surface area (Å²) < 4.78 is 24.3. The fraction of sp³-hybridized carbons (Fsp3) is 0.296. The molecule has 0 atom stereocenters. The number of amides is 1. The van der Waals surface area contributed by atoms with Crippen LogP contribution in [0.5, 0.6) is 11.5 Å². The molecule has 8 nitrogen and oxygen atoms in total.